The first-order valence-electron chi connectivity index (χ1n) is 9.74. The first kappa shape index (κ1) is 19.1. The van der Waals surface area contributed by atoms with Crippen LogP contribution in [0.25, 0.3) is 11.0 Å². The molecule has 2 fully saturated rings. The van der Waals surface area contributed by atoms with E-state index in [-0.39, 0.29) is 6.04 Å². The molecule has 3 heterocycles. The number of methoxy groups -OCH3 is 1. The summed E-state index contributed by atoms with van der Waals surface area (Å²) in [6.45, 7) is 5.48. The highest BCUT2D eigenvalue weighted by Gasteiger charge is 2.33. The zero-order chi connectivity index (χ0) is 19.7. The molecule has 0 radical (unpaired) electrons. The monoisotopic (exact) mass is 384 g/mol. The maximum atomic E-state index is 12.2. The molecule has 0 saturated carbocycles. The largest absolute Gasteiger partial charge is 0.465 e. The predicted molar refractivity (Wildman–Crippen MR) is 106 cm³/mol. The van der Waals surface area contributed by atoms with Gasteiger partial charge in [0.05, 0.1) is 43.1 Å². The second-order valence-corrected chi connectivity index (χ2v) is 7.28. The van der Waals surface area contributed by atoms with Crippen molar-refractivity contribution < 1.29 is 19.3 Å². The summed E-state index contributed by atoms with van der Waals surface area (Å²) in [6, 6.07) is 3.56. The number of esters is 1. The molecule has 0 aliphatic carbocycles. The van der Waals surface area contributed by atoms with Crippen LogP contribution in [-0.2, 0) is 9.47 Å². The van der Waals surface area contributed by atoms with Gasteiger partial charge in [-0.1, -0.05) is 0 Å². The van der Waals surface area contributed by atoms with Gasteiger partial charge in [-0.3, -0.25) is 4.98 Å². The van der Waals surface area contributed by atoms with Crippen molar-refractivity contribution in [3.63, 3.8) is 0 Å². The van der Waals surface area contributed by atoms with Crippen LogP contribution in [0.1, 0.15) is 34.8 Å². The Morgan fingerprint density at radius 2 is 2.11 bits per heavy atom. The minimum Gasteiger partial charge on any atom is -0.465 e. The third-order valence-electron chi connectivity index (χ3n) is 5.55. The second-order valence-electron chi connectivity index (χ2n) is 7.28. The summed E-state index contributed by atoms with van der Waals surface area (Å²) in [5.41, 5.74) is 2.80. The molecule has 8 nitrogen and oxygen atoms in total. The van der Waals surface area contributed by atoms with E-state index in [1.54, 1.807) is 19.1 Å². The lowest BCUT2D eigenvalue weighted by Crippen LogP contribution is -2.37. The van der Waals surface area contributed by atoms with Gasteiger partial charge in [-0.05, 0) is 43.9 Å². The fourth-order valence-electron chi connectivity index (χ4n) is 4.14. The maximum Gasteiger partial charge on any atom is 0.376 e. The lowest BCUT2D eigenvalue weighted by molar-refractivity contribution is 0.0600. The van der Waals surface area contributed by atoms with Gasteiger partial charge < -0.3 is 24.2 Å². The van der Waals surface area contributed by atoms with Crippen LogP contribution >= 0.6 is 0 Å². The molecular weight excluding hydrogens is 359 g/mol. The van der Waals surface area contributed by atoms with Gasteiger partial charge in [-0.2, -0.15) is 0 Å². The second kappa shape index (κ2) is 8.02. The van der Waals surface area contributed by atoms with Crippen LogP contribution in [-0.4, -0.2) is 72.8 Å². The molecule has 0 spiro atoms. The van der Waals surface area contributed by atoms with Crippen molar-refractivity contribution >= 4 is 29.9 Å². The zero-order valence-corrected chi connectivity index (χ0v) is 16.3. The summed E-state index contributed by atoms with van der Waals surface area (Å²) in [5, 5.41) is 10.2. The molecule has 148 valence electrons. The molecule has 0 amide bonds. The van der Waals surface area contributed by atoms with E-state index >= 15 is 0 Å². The molecular formula is C19H25BN4O4. The summed E-state index contributed by atoms with van der Waals surface area (Å²) in [6.07, 6.45) is 3.63. The first-order valence-corrected chi connectivity index (χ1v) is 9.74. The average Bonchev–Trinajstić information content (AvgIpc) is 3.22. The molecule has 9 heteroatoms. The van der Waals surface area contributed by atoms with Crippen LogP contribution in [0.3, 0.4) is 0 Å². The Bertz CT molecular complexity index is 872. The van der Waals surface area contributed by atoms with Crippen LogP contribution in [0.4, 0.5) is 5.82 Å². The van der Waals surface area contributed by atoms with E-state index in [1.807, 2.05) is 10.9 Å². The van der Waals surface area contributed by atoms with Crippen LogP contribution in [0.5, 0.6) is 0 Å². The number of carbonyl (C=O) groups is 1. The quantitative estimate of drug-likeness (QED) is 0.627. The molecule has 4 rings (SSSR count). The van der Waals surface area contributed by atoms with Crippen molar-refractivity contribution in [2.24, 2.45) is 0 Å². The van der Waals surface area contributed by atoms with E-state index in [2.05, 4.69) is 9.88 Å². The Hall–Kier alpha value is -2.23. The number of benzene rings is 1. The van der Waals surface area contributed by atoms with E-state index in [9.17, 15) is 9.82 Å². The number of fused-ring (bicyclic) bond motifs is 1. The highest BCUT2D eigenvalue weighted by molar-refractivity contribution is 6.45. The lowest BCUT2D eigenvalue weighted by Gasteiger charge is -2.29. The number of carbonyl (C=O) groups excluding carboxylic acids is 1. The van der Waals surface area contributed by atoms with E-state index in [0.29, 0.717) is 24.3 Å². The molecule has 2 aromatic rings. The number of morpholine rings is 1. The van der Waals surface area contributed by atoms with Gasteiger partial charge in [0.15, 0.2) is 0 Å². The van der Waals surface area contributed by atoms with E-state index in [1.165, 1.54) is 7.11 Å². The van der Waals surface area contributed by atoms with E-state index in [0.717, 1.165) is 49.4 Å². The van der Waals surface area contributed by atoms with Gasteiger partial charge in [0.1, 0.15) is 5.82 Å². The van der Waals surface area contributed by atoms with Gasteiger partial charge in [0.25, 0.3) is 0 Å². The summed E-state index contributed by atoms with van der Waals surface area (Å²) in [5.74, 6) is 0.410. The number of ether oxygens (including phenoxy) is 2. The van der Waals surface area contributed by atoms with Crippen molar-refractivity contribution in [1.29, 1.82) is 0 Å². The van der Waals surface area contributed by atoms with Gasteiger partial charge in [-0.25, -0.2) is 9.78 Å². The number of hydrogen-bond acceptors (Lipinski definition) is 8. The third-order valence-corrected chi connectivity index (χ3v) is 5.55. The number of aromatic nitrogens is 2. The SMILES string of the molecule is COC(=O)c1cc(C2CCCN2B(C)O)c2nc(N3CCOCC3)cnc2c1. The Morgan fingerprint density at radius 1 is 1.32 bits per heavy atom. The summed E-state index contributed by atoms with van der Waals surface area (Å²) < 4.78 is 10.4. The van der Waals surface area contributed by atoms with Crippen LogP contribution < -0.4 is 4.90 Å². The summed E-state index contributed by atoms with van der Waals surface area (Å²) >= 11 is 0. The predicted octanol–water partition coefficient (Wildman–Crippen LogP) is 1.50. The standard InChI is InChI=1S/C19H25BN4O4/c1-20(26)24-5-3-4-16(24)14-10-13(19(25)27-2)11-15-18(14)22-17(12-21-15)23-6-8-28-9-7-23/h10-12,16,26H,3-9H2,1-2H3. The number of anilines is 1. The number of nitrogens with zero attached hydrogens (tertiary/aromatic N) is 4. The van der Waals surface area contributed by atoms with Gasteiger partial charge in [0, 0.05) is 19.1 Å². The van der Waals surface area contributed by atoms with Crippen molar-refractivity contribution in [1.82, 2.24) is 14.8 Å². The van der Waals surface area contributed by atoms with Crippen molar-refractivity contribution in [3.05, 3.63) is 29.5 Å². The molecule has 1 atom stereocenters. The number of hydrogen-bond donors (Lipinski definition) is 1. The lowest BCUT2D eigenvalue weighted by atomic mass is 9.82. The topological polar surface area (TPSA) is 88.0 Å². The molecule has 0 bridgehead atoms. The van der Waals surface area contributed by atoms with Crippen molar-refractivity contribution in [2.75, 3.05) is 44.9 Å². The normalized spacial score (nSPS) is 20.5. The average molecular weight is 384 g/mol. The Morgan fingerprint density at radius 3 is 2.82 bits per heavy atom. The minimum absolute atomic E-state index is 0.0126. The first-order chi connectivity index (χ1) is 13.6. The molecule has 1 unspecified atom stereocenters. The highest BCUT2D eigenvalue weighted by Crippen LogP contribution is 2.36. The van der Waals surface area contributed by atoms with Crippen molar-refractivity contribution in [2.45, 2.75) is 25.7 Å². The Balaban J connectivity index is 1.83. The van der Waals surface area contributed by atoms with Crippen molar-refractivity contribution in [3.8, 4) is 0 Å². The van der Waals surface area contributed by atoms with E-state index < -0.39 is 13.0 Å². The molecule has 2 aliphatic rings. The molecule has 1 aromatic carbocycles. The van der Waals surface area contributed by atoms with E-state index in [4.69, 9.17) is 14.5 Å². The van der Waals surface area contributed by atoms with Gasteiger partial charge >= 0.3 is 13.0 Å². The van der Waals surface area contributed by atoms with Crippen LogP contribution in [0, 0.1) is 0 Å². The zero-order valence-electron chi connectivity index (χ0n) is 16.3. The minimum atomic E-state index is -0.570. The fourth-order valence-corrected chi connectivity index (χ4v) is 4.14. The molecule has 1 N–H and O–H groups in total. The number of rotatable bonds is 4. The van der Waals surface area contributed by atoms with Gasteiger partial charge in [0.2, 0.25) is 0 Å². The third kappa shape index (κ3) is 3.57. The Kier molecular flexibility index (Phi) is 5.48. The Labute approximate surface area is 164 Å². The molecule has 1 aromatic heterocycles. The van der Waals surface area contributed by atoms with Crippen LogP contribution in [0.15, 0.2) is 18.3 Å². The maximum absolute atomic E-state index is 12.2. The van der Waals surface area contributed by atoms with Gasteiger partial charge in [-0.15, -0.1) is 0 Å². The smallest absolute Gasteiger partial charge is 0.376 e. The molecule has 28 heavy (non-hydrogen) atoms. The molecule has 2 aliphatic heterocycles. The highest BCUT2D eigenvalue weighted by atomic mass is 16.5. The van der Waals surface area contributed by atoms with Crippen LogP contribution in [0.2, 0.25) is 6.82 Å². The summed E-state index contributed by atoms with van der Waals surface area (Å²) in [4.78, 5) is 25.9. The molecule has 2 saturated heterocycles. The fraction of sp³-hybridized carbons (Fsp3) is 0.526. The summed E-state index contributed by atoms with van der Waals surface area (Å²) in [7, 11) is 0.802.